The molecule has 1 aromatic rings. The molecule has 0 radical (unpaired) electrons. The van der Waals surface area contributed by atoms with Crippen molar-refractivity contribution in [3.8, 4) is 0 Å². The van der Waals surface area contributed by atoms with Gasteiger partial charge in [-0.05, 0) is 37.3 Å². The summed E-state index contributed by atoms with van der Waals surface area (Å²) in [7, 11) is -3.35. The average molecular weight is 280 g/mol. The molecular weight excluding hydrogens is 264 g/mol. The Morgan fingerprint density at radius 1 is 1.21 bits per heavy atom. The van der Waals surface area contributed by atoms with Gasteiger partial charge >= 0.3 is 5.97 Å². The van der Waals surface area contributed by atoms with Crippen LogP contribution < -0.4 is 0 Å². The summed E-state index contributed by atoms with van der Waals surface area (Å²) in [6.07, 6.45) is 3.27. The summed E-state index contributed by atoms with van der Waals surface area (Å²) in [6, 6.07) is 6.63. The largest absolute Gasteiger partial charge is 0.481 e. The molecule has 0 spiro atoms. The molecule has 2 aliphatic rings. The molecule has 0 amide bonds. The van der Waals surface area contributed by atoms with E-state index < -0.39 is 21.2 Å². The third-order valence-corrected chi connectivity index (χ3v) is 6.61. The quantitative estimate of drug-likeness (QED) is 0.917. The molecule has 0 heterocycles. The van der Waals surface area contributed by atoms with Crippen LogP contribution in [0, 0.1) is 0 Å². The zero-order valence-corrected chi connectivity index (χ0v) is 11.3. The summed E-state index contributed by atoms with van der Waals surface area (Å²) in [5, 5.41) is 9.18. The Hall–Kier alpha value is -1.36. The molecule has 3 rings (SSSR count). The summed E-state index contributed by atoms with van der Waals surface area (Å²) in [5.74, 6) is -0.905. The van der Waals surface area contributed by atoms with Gasteiger partial charge in [-0.3, -0.25) is 4.79 Å². The minimum absolute atomic E-state index is 0.236. The maximum absolute atomic E-state index is 12.4. The Bertz CT molecular complexity index is 625. The SMILES string of the molecule is O=C(O)C1(c2ccccc2S(=O)(=O)C2CC2)CCC1. The van der Waals surface area contributed by atoms with Gasteiger partial charge < -0.3 is 5.11 Å². The molecule has 0 aliphatic heterocycles. The Labute approximate surface area is 112 Å². The molecule has 0 unspecified atom stereocenters. The van der Waals surface area contributed by atoms with Crippen molar-refractivity contribution in [2.45, 2.75) is 47.7 Å². The first kappa shape index (κ1) is 12.7. The Kier molecular flexibility index (Phi) is 2.71. The average Bonchev–Trinajstić information content (AvgIpc) is 3.11. The van der Waals surface area contributed by atoms with Gasteiger partial charge in [0.15, 0.2) is 9.84 Å². The van der Waals surface area contributed by atoms with Gasteiger partial charge in [0.1, 0.15) is 0 Å². The minimum Gasteiger partial charge on any atom is -0.481 e. The highest BCUT2D eigenvalue weighted by Crippen LogP contribution is 2.47. The lowest BCUT2D eigenvalue weighted by Gasteiger charge is -2.39. The number of hydrogen-bond acceptors (Lipinski definition) is 3. The van der Waals surface area contributed by atoms with Gasteiger partial charge in [-0.25, -0.2) is 8.42 Å². The molecule has 0 aromatic heterocycles. The van der Waals surface area contributed by atoms with Crippen LogP contribution in [-0.2, 0) is 20.0 Å². The van der Waals surface area contributed by atoms with E-state index in [0.717, 1.165) is 6.42 Å². The topological polar surface area (TPSA) is 71.4 Å². The fourth-order valence-corrected chi connectivity index (χ4v) is 4.75. The van der Waals surface area contributed by atoms with E-state index in [4.69, 9.17) is 0 Å². The number of aliphatic carboxylic acids is 1. The molecule has 102 valence electrons. The molecule has 1 N–H and O–H groups in total. The molecular formula is C14H16O4S. The van der Waals surface area contributed by atoms with Crippen molar-refractivity contribution < 1.29 is 18.3 Å². The van der Waals surface area contributed by atoms with Gasteiger partial charge in [-0.1, -0.05) is 24.6 Å². The van der Waals surface area contributed by atoms with Crippen LogP contribution >= 0.6 is 0 Å². The molecule has 2 saturated carbocycles. The number of benzene rings is 1. The smallest absolute Gasteiger partial charge is 0.314 e. The number of hydrogen-bond donors (Lipinski definition) is 1. The van der Waals surface area contributed by atoms with Crippen LogP contribution in [-0.4, -0.2) is 24.7 Å². The van der Waals surface area contributed by atoms with Crippen LogP contribution in [0.4, 0.5) is 0 Å². The van der Waals surface area contributed by atoms with Crippen LogP contribution in [0.2, 0.25) is 0 Å². The molecule has 19 heavy (non-hydrogen) atoms. The Balaban J connectivity index is 2.15. The van der Waals surface area contributed by atoms with Gasteiger partial charge in [0.05, 0.1) is 15.6 Å². The van der Waals surface area contributed by atoms with E-state index in [1.165, 1.54) is 0 Å². The molecule has 0 saturated heterocycles. The number of rotatable bonds is 4. The highest BCUT2D eigenvalue weighted by molar-refractivity contribution is 7.92. The molecule has 5 heteroatoms. The van der Waals surface area contributed by atoms with Crippen LogP contribution in [0.15, 0.2) is 29.2 Å². The predicted octanol–water partition coefficient (Wildman–Crippen LogP) is 2.13. The van der Waals surface area contributed by atoms with Crippen LogP contribution in [0.25, 0.3) is 0 Å². The van der Waals surface area contributed by atoms with Gasteiger partial charge in [0.25, 0.3) is 0 Å². The fraction of sp³-hybridized carbons (Fsp3) is 0.500. The molecule has 0 bridgehead atoms. The van der Waals surface area contributed by atoms with E-state index in [0.29, 0.717) is 31.2 Å². The van der Waals surface area contributed by atoms with Crippen molar-refractivity contribution in [1.29, 1.82) is 0 Å². The first-order valence-corrected chi connectivity index (χ1v) is 8.10. The van der Waals surface area contributed by atoms with E-state index >= 15 is 0 Å². The molecule has 1 aromatic carbocycles. The summed E-state index contributed by atoms with van der Waals surface area (Å²) < 4.78 is 24.9. The van der Waals surface area contributed by atoms with E-state index in [9.17, 15) is 18.3 Å². The van der Waals surface area contributed by atoms with Crippen LogP contribution in [0.1, 0.15) is 37.7 Å². The van der Waals surface area contributed by atoms with Gasteiger partial charge in [0, 0.05) is 0 Å². The molecule has 0 atom stereocenters. The molecule has 4 nitrogen and oxygen atoms in total. The van der Waals surface area contributed by atoms with E-state index in [1.54, 1.807) is 24.3 Å². The van der Waals surface area contributed by atoms with Crippen LogP contribution in [0.5, 0.6) is 0 Å². The lowest BCUT2D eigenvalue weighted by atomic mass is 9.64. The second-order valence-corrected chi connectivity index (χ2v) is 7.68. The number of carboxylic acid groups (broad SMARTS) is 1. The van der Waals surface area contributed by atoms with E-state index in [1.807, 2.05) is 0 Å². The van der Waals surface area contributed by atoms with Crippen molar-refractivity contribution in [3.05, 3.63) is 29.8 Å². The van der Waals surface area contributed by atoms with Crippen molar-refractivity contribution >= 4 is 15.8 Å². The number of sulfone groups is 1. The second kappa shape index (κ2) is 4.07. The van der Waals surface area contributed by atoms with E-state index in [2.05, 4.69) is 0 Å². The van der Waals surface area contributed by atoms with Crippen molar-refractivity contribution in [3.63, 3.8) is 0 Å². The van der Waals surface area contributed by atoms with Crippen molar-refractivity contribution in [2.24, 2.45) is 0 Å². The van der Waals surface area contributed by atoms with Crippen LogP contribution in [0.3, 0.4) is 0 Å². The zero-order chi connectivity index (χ0) is 13.7. The van der Waals surface area contributed by atoms with Crippen molar-refractivity contribution in [2.75, 3.05) is 0 Å². The lowest BCUT2D eigenvalue weighted by Crippen LogP contribution is -2.43. The first-order chi connectivity index (χ1) is 8.98. The zero-order valence-electron chi connectivity index (χ0n) is 10.5. The lowest BCUT2D eigenvalue weighted by molar-refractivity contribution is -0.147. The normalized spacial score (nSPS) is 21.7. The maximum atomic E-state index is 12.4. The monoisotopic (exact) mass is 280 g/mol. The van der Waals surface area contributed by atoms with Gasteiger partial charge in [-0.2, -0.15) is 0 Å². The number of carbonyl (C=O) groups is 1. The second-order valence-electron chi connectivity index (χ2n) is 5.48. The minimum atomic E-state index is -3.35. The predicted molar refractivity (Wildman–Crippen MR) is 69.8 cm³/mol. The third kappa shape index (κ3) is 1.79. The maximum Gasteiger partial charge on any atom is 0.314 e. The summed E-state index contributed by atoms with van der Waals surface area (Å²) >= 11 is 0. The van der Waals surface area contributed by atoms with E-state index in [-0.39, 0.29) is 10.1 Å². The fourth-order valence-electron chi connectivity index (χ4n) is 2.80. The Morgan fingerprint density at radius 3 is 2.32 bits per heavy atom. The number of carboxylic acids is 1. The highest BCUT2D eigenvalue weighted by atomic mass is 32.2. The summed E-state index contributed by atoms with van der Waals surface area (Å²) in [6.45, 7) is 0. The molecule has 2 fully saturated rings. The molecule has 2 aliphatic carbocycles. The van der Waals surface area contributed by atoms with Gasteiger partial charge in [0.2, 0.25) is 0 Å². The summed E-state index contributed by atoms with van der Waals surface area (Å²) in [5.41, 5.74) is -0.501. The summed E-state index contributed by atoms with van der Waals surface area (Å²) in [4.78, 5) is 11.8. The first-order valence-electron chi connectivity index (χ1n) is 6.55. The standard InChI is InChI=1S/C14H16O4S/c15-13(16)14(8-3-9-14)11-4-1-2-5-12(11)19(17,18)10-6-7-10/h1-2,4-5,10H,3,6-9H2,(H,15,16). The van der Waals surface area contributed by atoms with Gasteiger partial charge in [-0.15, -0.1) is 0 Å². The Morgan fingerprint density at radius 2 is 1.84 bits per heavy atom. The highest BCUT2D eigenvalue weighted by Gasteiger charge is 2.49. The third-order valence-electron chi connectivity index (χ3n) is 4.29. The van der Waals surface area contributed by atoms with Crippen molar-refractivity contribution in [1.82, 2.24) is 0 Å².